The van der Waals surface area contributed by atoms with Crippen molar-refractivity contribution in [3.63, 3.8) is 0 Å². The van der Waals surface area contributed by atoms with Gasteiger partial charge in [-0.3, -0.25) is 4.90 Å². The zero-order valence-corrected chi connectivity index (χ0v) is 18.9. The molecule has 0 fully saturated rings. The summed E-state index contributed by atoms with van der Waals surface area (Å²) in [4.78, 5) is 2.34. The van der Waals surface area contributed by atoms with Gasteiger partial charge in [-0.05, 0) is 73.0 Å². The van der Waals surface area contributed by atoms with Crippen LogP contribution in [-0.2, 0) is 0 Å². The van der Waals surface area contributed by atoms with E-state index in [1.54, 1.807) is 30.3 Å². The highest BCUT2D eigenvalue weighted by molar-refractivity contribution is 6.30. The van der Waals surface area contributed by atoms with E-state index in [1.165, 1.54) is 36.4 Å². The molecule has 0 unspecified atom stereocenters. The van der Waals surface area contributed by atoms with Crippen LogP contribution in [0.4, 0.5) is 13.2 Å². The van der Waals surface area contributed by atoms with E-state index < -0.39 is 5.82 Å². The van der Waals surface area contributed by atoms with Crippen LogP contribution < -0.4 is 4.74 Å². The summed E-state index contributed by atoms with van der Waals surface area (Å²) >= 11 is 5.82. The summed E-state index contributed by atoms with van der Waals surface area (Å²) in [6, 6.07) is 17.4. The average Bonchev–Trinajstić information content (AvgIpc) is 2.82. The van der Waals surface area contributed by atoms with Crippen LogP contribution in [0.2, 0.25) is 5.02 Å². The van der Waals surface area contributed by atoms with Gasteiger partial charge in [0, 0.05) is 31.5 Å². The lowest BCUT2D eigenvalue weighted by atomic mass is 9.87. The Hall–Kier alpha value is -2.76. The first-order valence-electron chi connectivity index (χ1n) is 11.0. The third-order valence-electron chi connectivity index (χ3n) is 5.90. The highest BCUT2D eigenvalue weighted by Gasteiger charge is 2.17. The minimum Gasteiger partial charge on any atom is -0.462 e. The van der Waals surface area contributed by atoms with Crippen molar-refractivity contribution >= 4 is 11.6 Å². The van der Waals surface area contributed by atoms with Gasteiger partial charge < -0.3 is 4.74 Å². The number of hydrogen-bond donors (Lipinski definition) is 0. The van der Waals surface area contributed by atoms with Crippen LogP contribution in [0, 0.1) is 17.5 Å². The third-order valence-corrected chi connectivity index (χ3v) is 6.19. The monoisotopic (exact) mass is 471 g/mol. The smallest absolute Gasteiger partial charge is 0.142 e. The van der Waals surface area contributed by atoms with E-state index in [9.17, 15) is 13.2 Å². The van der Waals surface area contributed by atoms with E-state index in [2.05, 4.69) is 4.90 Å². The first-order chi connectivity index (χ1) is 16.0. The summed E-state index contributed by atoms with van der Waals surface area (Å²) in [7, 11) is 0. The predicted octanol–water partition coefficient (Wildman–Crippen LogP) is 7.34. The van der Waals surface area contributed by atoms with E-state index in [0.717, 1.165) is 55.8 Å². The molecule has 0 aromatic heterocycles. The molecule has 3 aromatic carbocycles. The van der Waals surface area contributed by atoms with Gasteiger partial charge >= 0.3 is 0 Å². The molecule has 1 heterocycles. The summed E-state index contributed by atoms with van der Waals surface area (Å²) in [6.07, 6.45) is 4.61. The lowest BCUT2D eigenvalue weighted by Crippen LogP contribution is -2.30. The molecule has 4 rings (SSSR count). The molecule has 0 atom stereocenters. The minimum absolute atomic E-state index is 0.0439. The molecule has 0 saturated carbocycles. The molecule has 33 heavy (non-hydrogen) atoms. The van der Waals surface area contributed by atoms with Gasteiger partial charge in [0.05, 0.1) is 5.02 Å². The van der Waals surface area contributed by atoms with Crippen molar-refractivity contribution in [3.05, 3.63) is 112 Å². The number of nitrogens with zero attached hydrogens (tertiary/aromatic N) is 1. The van der Waals surface area contributed by atoms with Crippen LogP contribution in [0.3, 0.4) is 0 Å². The molecule has 0 aliphatic carbocycles. The maximum Gasteiger partial charge on any atom is 0.142 e. The SMILES string of the molecule is Fc1ccc(C(CCCN2CC=C(Oc3ccc(F)c(Cl)c3)CC2)c2ccc(F)cc2)cc1. The molecule has 0 bridgehead atoms. The highest BCUT2D eigenvalue weighted by atomic mass is 35.5. The van der Waals surface area contributed by atoms with Crippen molar-refractivity contribution in [3.8, 4) is 5.75 Å². The number of rotatable bonds is 8. The van der Waals surface area contributed by atoms with E-state index >= 15 is 0 Å². The number of halogens is 4. The van der Waals surface area contributed by atoms with Crippen LogP contribution in [0.15, 0.2) is 78.6 Å². The summed E-state index contributed by atoms with van der Waals surface area (Å²) in [5.74, 6) is 0.461. The molecule has 0 N–H and O–H groups in total. The quantitative estimate of drug-likeness (QED) is 0.341. The second-order valence-corrected chi connectivity index (χ2v) is 8.60. The van der Waals surface area contributed by atoms with E-state index in [-0.39, 0.29) is 22.6 Å². The van der Waals surface area contributed by atoms with E-state index in [1.807, 2.05) is 6.08 Å². The number of ether oxygens (including phenoxy) is 1. The molecule has 0 amide bonds. The zero-order valence-electron chi connectivity index (χ0n) is 18.1. The standard InChI is InChI=1S/C27H25ClF3NO/c28-26-18-24(11-12-27(26)31)33-23-13-16-32(17-14-23)15-1-2-25(19-3-7-21(29)8-4-19)20-5-9-22(30)10-6-20/h3-13,18,25H,1-2,14-17H2. The molecule has 6 heteroatoms. The second kappa shape index (κ2) is 10.9. The van der Waals surface area contributed by atoms with Crippen molar-refractivity contribution in [2.75, 3.05) is 19.6 Å². The largest absolute Gasteiger partial charge is 0.462 e. The Labute approximate surface area is 197 Å². The Bertz CT molecular complexity index is 1050. The van der Waals surface area contributed by atoms with Crippen molar-refractivity contribution in [2.24, 2.45) is 0 Å². The lowest BCUT2D eigenvalue weighted by molar-refractivity contribution is 0.256. The summed E-state index contributed by atoms with van der Waals surface area (Å²) < 4.78 is 46.0. The van der Waals surface area contributed by atoms with Gasteiger partial charge in [0.15, 0.2) is 0 Å². The molecule has 0 spiro atoms. The highest BCUT2D eigenvalue weighted by Crippen LogP contribution is 2.30. The van der Waals surface area contributed by atoms with Crippen molar-refractivity contribution in [1.29, 1.82) is 0 Å². The van der Waals surface area contributed by atoms with Gasteiger partial charge in [0.1, 0.15) is 29.0 Å². The van der Waals surface area contributed by atoms with Crippen LogP contribution in [-0.4, -0.2) is 24.5 Å². The summed E-state index contributed by atoms with van der Waals surface area (Å²) in [5.41, 5.74) is 2.05. The first-order valence-corrected chi connectivity index (χ1v) is 11.4. The fourth-order valence-electron chi connectivity index (χ4n) is 4.12. The van der Waals surface area contributed by atoms with Crippen LogP contribution in [0.5, 0.6) is 5.75 Å². The van der Waals surface area contributed by atoms with Gasteiger partial charge in [0.2, 0.25) is 0 Å². The van der Waals surface area contributed by atoms with Crippen molar-refractivity contribution in [1.82, 2.24) is 4.90 Å². The second-order valence-electron chi connectivity index (χ2n) is 8.20. The maximum atomic E-state index is 13.4. The Balaban J connectivity index is 1.33. The topological polar surface area (TPSA) is 12.5 Å². The fraction of sp³-hybridized carbons (Fsp3) is 0.259. The maximum absolute atomic E-state index is 13.4. The number of hydrogen-bond acceptors (Lipinski definition) is 2. The Kier molecular flexibility index (Phi) is 7.73. The fourth-order valence-corrected chi connectivity index (χ4v) is 4.29. The van der Waals surface area contributed by atoms with Gasteiger partial charge in [-0.25, -0.2) is 13.2 Å². The van der Waals surface area contributed by atoms with E-state index in [4.69, 9.17) is 16.3 Å². The third kappa shape index (κ3) is 6.40. The molecule has 2 nitrogen and oxygen atoms in total. The number of benzene rings is 3. The van der Waals surface area contributed by atoms with E-state index in [0.29, 0.717) is 5.75 Å². The molecule has 1 aliphatic rings. The molecule has 3 aromatic rings. The van der Waals surface area contributed by atoms with Gasteiger partial charge in [0.25, 0.3) is 0 Å². The van der Waals surface area contributed by atoms with Crippen LogP contribution in [0.25, 0.3) is 0 Å². The molecule has 0 radical (unpaired) electrons. The van der Waals surface area contributed by atoms with Crippen LogP contribution >= 0.6 is 11.6 Å². The molecular formula is C27H25ClF3NO. The summed E-state index contributed by atoms with van der Waals surface area (Å²) in [6.45, 7) is 2.53. The van der Waals surface area contributed by atoms with Gasteiger partial charge in [-0.15, -0.1) is 0 Å². The predicted molar refractivity (Wildman–Crippen MR) is 125 cm³/mol. The Morgan fingerprint density at radius 2 is 1.52 bits per heavy atom. The average molecular weight is 472 g/mol. The first kappa shape index (κ1) is 23.4. The van der Waals surface area contributed by atoms with Crippen LogP contribution in [0.1, 0.15) is 36.3 Å². The molecule has 1 aliphatic heterocycles. The molecule has 0 saturated heterocycles. The Morgan fingerprint density at radius 3 is 2.06 bits per heavy atom. The van der Waals surface area contributed by atoms with Crippen molar-refractivity contribution in [2.45, 2.75) is 25.2 Å². The van der Waals surface area contributed by atoms with Crippen molar-refractivity contribution < 1.29 is 17.9 Å². The zero-order chi connectivity index (χ0) is 23.2. The molecule has 172 valence electrons. The molecular weight excluding hydrogens is 447 g/mol. The normalized spacial score (nSPS) is 14.4. The lowest BCUT2D eigenvalue weighted by Gasteiger charge is -2.27. The minimum atomic E-state index is -0.465. The van der Waals surface area contributed by atoms with Gasteiger partial charge in [-0.2, -0.15) is 0 Å². The van der Waals surface area contributed by atoms with Gasteiger partial charge in [-0.1, -0.05) is 35.9 Å². The summed E-state index contributed by atoms with van der Waals surface area (Å²) in [5, 5.41) is 0.0439. The Morgan fingerprint density at radius 1 is 0.879 bits per heavy atom.